The zero-order chi connectivity index (χ0) is 18.7. The summed E-state index contributed by atoms with van der Waals surface area (Å²) in [6, 6.07) is 11.2. The minimum absolute atomic E-state index is 0.188. The number of amides is 1. The van der Waals surface area contributed by atoms with Crippen LogP contribution in [-0.2, 0) is 11.2 Å². The van der Waals surface area contributed by atoms with Crippen LogP contribution < -0.4 is 10.1 Å². The highest BCUT2D eigenvalue weighted by atomic mass is 35.5. The zero-order valence-corrected chi connectivity index (χ0v) is 16.1. The maximum Gasteiger partial charge on any atom is 0.260 e. The van der Waals surface area contributed by atoms with E-state index in [1.807, 2.05) is 6.20 Å². The summed E-state index contributed by atoms with van der Waals surface area (Å²) in [6.07, 6.45) is 2.08. The molecule has 1 atom stereocenters. The van der Waals surface area contributed by atoms with Crippen molar-refractivity contribution in [3.63, 3.8) is 0 Å². The monoisotopic (exact) mass is 390 g/mol. The van der Waals surface area contributed by atoms with Crippen molar-refractivity contribution in [2.45, 2.75) is 26.4 Å². The summed E-state index contributed by atoms with van der Waals surface area (Å²) >= 11 is 11.9. The quantitative estimate of drug-likeness (QED) is 0.628. The Morgan fingerprint density at radius 3 is 2.81 bits per heavy atom. The Morgan fingerprint density at radius 1 is 1.23 bits per heavy atom. The van der Waals surface area contributed by atoms with Gasteiger partial charge in [0.1, 0.15) is 5.75 Å². The normalized spacial score (nSPS) is 12.2. The van der Waals surface area contributed by atoms with Gasteiger partial charge in [-0.3, -0.25) is 4.79 Å². The molecule has 1 unspecified atom stereocenters. The molecule has 0 fully saturated rings. The van der Waals surface area contributed by atoms with Gasteiger partial charge in [0.15, 0.2) is 6.10 Å². The van der Waals surface area contributed by atoms with Crippen molar-refractivity contribution < 1.29 is 9.53 Å². The lowest BCUT2D eigenvalue weighted by Gasteiger charge is -2.15. The highest BCUT2D eigenvalue weighted by Gasteiger charge is 2.16. The van der Waals surface area contributed by atoms with Crippen molar-refractivity contribution in [1.82, 2.24) is 10.3 Å². The summed E-state index contributed by atoms with van der Waals surface area (Å²) in [5.74, 6) is 0.248. The molecule has 3 aromatic rings. The molecule has 3 rings (SSSR count). The first-order valence-electron chi connectivity index (χ1n) is 8.40. The topological polar surface area (TPSA) is 54.1 Å². The lowest BCUT2D eigenvalue weighted by molar-refractivity contribution is -0.127. The molecular weight excluding hydrogens is 371 g/mol. The number of halogens is 2. The number of aromatic amines is 1. The van der Waals surface area contributed by atoms with Crippen LogP contribution in [0.3, 0.4) is 0 Å². The SMILES string of the molecule is Cc1ccc2[nH]cc(CCNC(=O)C(C)Oc3ccc(Cl)cc3Cl)c2c1. The number of aromatic nitrogens is 1. The number of carbonyl (C=O) groups excluding carboxylic acids is 1. The lowest BCUT2D eigenvalue weighted by atomic mass is 10.1. The average molecular weight is 391 g/mol. The molecule has 136 valence electrons. The van der Waals surface area contributed by atoms with Crippen molar-refractivity contribution in [1.29, 1.82) is 0 Å². The Labute approximate surface area is 162 Å². The van der Waals surface area contributed by atoms with E-state index in [4.69, 9.17) is 27.9 Å². The molecule has 2 N–H and O–H groups in total. The maximum atomic E-state index is 12.3. The van der Waals surface area contributed by atoms with E-state index in [9.17, 15) is 4.79 Å². The molecule has 0 saturated heterocycles. The molecule has 1 amide bonds. The lowest BCUT2D eigenvalue weighted by Crippen LogP contribution is -2.37. The maximum absolute atomic E-state index is 12.3. The van der Waals surface area contributed by atoms with Gasteiger partial charge in [-0.15, -0.1) is 0 Å². The van der Waals surface area contributed by atoms with Crippen LogP contribution in [-0.4, -0.2) is 23.5 Å². The fraction of sp³-hybridized carbons (Fsp3) is 0.250. The number of nitrogens with one attached hydrogen (secondary N) is 2. The predicted molar refractivity (Wildman–Crippen MR) is 106 cm³/mol. The number of H-pyrrole nitrogens is 1. The molecule has 1 heterocycles. The van der Waals surface area contributed by atoms with E-state index in [0.29, 0.717) is 22.3 Å². The van der Waals surface area contributed by atoms with Crippen LogP contribution >= 0.6 is 23.2 Å². The molecule has 6 heteroatoms. The first-order valence-corrected chi connectivity index (χ1v) is 9.15. The van der Waals surface area contributed by atoms with Gasteiger partial charge in [0.25, 0.3) is 5.91 Å². The molecule has 26 heavy (non-hydrogen) atoms. The largest absolute Gasteiger partial charge is 0.479 e. The summed E-state index contributed by atoms with van der Waals surface area (Å²) in [5, 5.41) is 5.00. The third-order valence-corrected chi connectivity index (χ3v) is 4.71. The summed E-state index contributed by atoms with van der Waals surface area (Å²) in [7, 11) is 0. The van der Waals surface area contributed by atoms with Gasteiger partial charge in [0, 0.05) is 28.7 Å². The van der Waals surface area contributed by atoms with Gasteiger partial charge in [-0.25, -0.2) is 0 Å². The van der Waals surface area contributed by atoms with Gasteiger partial charge in [0.05, 0.1) is 5.02 Å². The van der Waals surface area contributed by atoms with Crippen LogP contribution in [0.5, 0.6) is 5.75 Å². The molecule has 4 nitrogen and oxygen atoms in total. The molecule has 0 saturated carbocycles. The second kappa shape index (κ2) is 8.02. The average Bonchev–Trinajstić information content (AvgIpc) is 2.99. The second-order valence-electron chi connectivity index (χ2n) is 6.24. The second-order valence-corrected chi connectivity index (χ2v) is 7.08. The molecule has 1 aromatic heterocycles. The van der Waals surface area contributed by atoms with Crippen LogP contribution in [0, 0.1) is 6.92 Å². The van der Waals surface area contributed by atoms with Gasteiger partial charge in [-0.1, -0.05) is 34.8 Å². The van der Waals surface area contributed by atoms with E-state index in [1.165, 1.54) is 16.5 Å². The van der Waals surface area contributed by atoms with Crippen molar-refractivity contribution >= 4 is 40.0 Å². The van der Waals surface area contributed by atoms with Gasteiger partial charge in [0.2, 0.25) is 0 Å². The van der Waals surface area contributed by atoms with E-state index in [2.05, 4.69) is 35.4 Å². The third kappa shape index (κ3) is 4.32. The number of hydrogen-bond donors (Lipinski definition) is 2. The first-order chi connectivity index (χ1) is 12.4. The number of fused-ring (bicyclic) bond motifs is 1. The predicted octanol–water partition coefficient (Wildman–Crippen LogP) is 4.91. The standard InChI is InChI=1S/C20H20Cl2N2O2/c1-12-3-5-18-16(9-12)14(11-24-18)7-8-23-20(25)13(2)26-19-6-4-15(21)10-17(19)22/h3-6,9-11,13,24H,7-8H2,1-2H3,(H,23,25). The highest BCUT2D eigenvalue weighted by molar-refractivity contribution is 6.35. The zero-order valence-electron chi connectivity index (χ0n) is 14.6. The third-order valence-electron chi connectivity index (χ3n) is 4.18. The molecule has 2 aromatic carbocycles. The van der Waals surface area contributed by atoms with Gasteiger partial charge in [-0.05, 0) is 56.2 Å². The molecule has 0 aliphatic heterocycles. The van der Waals surface area contributed by atoms with Crippen LogP contribution in [0.4, 0.5) is 0 Å². The van der Waals surface area contributed by atoms with Crippen molar-refractivity contribution in [3.05, 3.63) is 63.8 Å². The molecule has 0 spiro atoms. The fourth-order valence-corrected chi connectivity index (χ4v) is 3.23. The Bertz CT molecular complexity index is 937. The van der Waals surface area contributed by atoms with Crippen molar-refractivity contribution in [3.8, 4) is 5.75 Å². The van der Waals surface area contributed by atoms with Crippen LogP contribution in [0.25, 0.3) is 10.9 Å². The summed E-state index contributed by atoms with van der Waals surface area (Å²) in [6.45, 7) is 4.29. The molecule has 0 aliphatic carbocycles. The minimum Gasteiger partial charge on any atom is -0.479 e. The minimum atomic E-state index is -0.654. The van der Waals surface area contributed by atoms with Crippen LogP contribution in [0.15, 0.2) is 42.6 Å². The summed E-state index contributed by atoms with van der Waals surface area (Å²) in [4.78, 5) is 15.5. The molecule has 0 radical (unpaired) electrons. The summed E-state index contributed by atoms with van der Waals surface area (Å²) in [5.41, 5.74) is 3.49. The van der Waals surface area contributed by atoms with E-state index >= 15 is 0 Å². The Kier molecular flexibility index (Phi) is 5.74. The van der Waals surface area contributed by atoms with Crippen molar-refractivity contribution in [2.75, 3.05) is 6.54 Å². The number of aryl methyl sites for hydroxylation is 1. The number of ether oxygens (including phenoxy) is 1. The van der Waals surface area contributed by atoms with Gasteiger partial charge in [-0.2, -0.15) is 0 Å². The Morgan fingerprint density at radius 2 is 2.04 bits per heavy atom. The molecular formula is C20H20Cl2N2O2. The number of rotatable bonds is 6. The Balaban J connectivity index is 1.55. The van der Waals surface area contributed by atoms with Crippen LogP contribution in [0.1, 0.15) is 18.1 Å². The highest BCUT2D eigenvalue weighted by Crippen LogP contribution is 2.28. The first kappa shape index (κ1) is 18.6. The van der Waals surface area contributed by atoms with E-state index in [-0.39, 0.29) is 5.91 Å². The molecule has 0 bridgehead atoms. The number of hydrogen-bond acceptors (Lipinski definition) is 2. The smallest absolute Gasteiger partial charge is 0.260 e. The van der Waals surface area contributed by atoms with Gasteiger partial charge >= 0.3 is 0 Å². The van der Waals surface area contributed by atoms with E-state index in [0.717, 1.165) is 11.9 Å². The van der Waals surface area contributed by atoms with Crippen LogP contribution in [0.2, 0.25) is 10.0 Å². The molecule has 0 aliphatic rings. The van der Waals surface area contributed by atoms with Gasteiger partial charge < -0.3 is 15.0 Å². The number of carbonyl (C=O) groups is 1. The van der Waals surface area contributed by atoms with E-state index in [1.54, 1.807) is 25.1 Å². The fourth-order valence-electron chi connectivity index (χ4n) is 2.78. The van der Waals surface area contributed by atoms with E-state index < -0.39 is 6.10 Å². The Hall–Kier alpha value is -2.17. The summed E-state index contributed by atoms with van der Waals surface area (Å²) < 4.78 is 5.63. The van der Waals surface area contributed by atoms with Crippen molar-refractivity contribution in [2.24, 2.45) is 0 Å². The number of benzene rings is 2.